The summed E-state index contributed by atoms with van der Waals surface area (Å²) in [4.78, 5) is 21.4. The van der Waals surface area contributed by atoms with Crippen LogP contribution in [-0.2, 0) is 11.2 Å². The maximum absolute atomic E-state index is 13.1. The minimum absolute atomic E-state index is 0.0636. The third-order valence-electron chi connectivity index (χ3n) is 4.31. The second kappa shape index (κ2) is 8.33. The van der Waals surface area contributed by atoms with Gasteiger partial charge in [-0.15, -0.1) is 0 Å². The Hall–Kier alpha value is -2.02. The standard InChI is InChI=1S/C20H21ClFN3OS/c1-13-16(21)8-9-17-19(13)23-20(27-17)25(11-10-24(2)3)18(26)12-14-4-6-15(22)7-5-14/h4-9H,10-12H2,1-3H3. The minimum Gasteiger partial charge on any atom is -0.308 e. The topological polar surface area (TPSA) is 36.4 Å². The van der Waals surface area contributed by atoms with Gasteiger partial charge in [0.2, 0.25) is 5.91 Å². The molecule has 1 heterocycles. The van der Waals surface area contributed by atoms with Crippen molar-refractivity contribution >= 4 is 44.2 Å². The molecule has 142 valence electrons. The largest absolute Gasteiger partial charge is 0.308 e. The zero-order valence-corrected chi connectivity index (χ0v) is 17.1. The van der Waals surface area contributed by atoms with E-state index in [4.69, 9.17) is 11.6 Å². The van der Waals surface area contributed by atoms with Crippen molar-refractivity contribution in [3.63, 3.8) is 0 Å². The molecule has 2 aromatic carbocycles. The summed E-state index contributed by atoms with van der Waals surface area (Å²) in [7, 11) is 3.93. The van der Waals surface area contributed by atoms with Crippen LogP contribution in [0.3, 0.4) is 0 Å². The number of fused-ring (bicyclic) bond motifs is 1. The highest BCUT2D eigenvalue weighted by Crippen LogP contribution is 2.33. The van der Waals surface area contributed by atoms with Crippen LogP contribution in [0.25, 0.3) is 10.2 Å². The Kier molecular flexibility index (Phi) is 6.09. The van der Waals surface area contributed by atoms with Crippen molar-refractivity contribution in [3.05, 3.63) is 58.4 Å². The Balaban J connectivity index is 1.91. The van der Waals surface area contributed by atoms with Crippen molar-refractivity contribution in [3.8, 4) is 0 Å². The molecular weight excluding hydrogens is 385 g/mol. The molecule has 0 aliphatic heterocycles. The monoisotopic (exact) mass is 405 g/mol. The van der Waals surface area contributed by atoms with E-state index < -0.39 is 0 Å². The number of thiazole rings is 1. The van der Waals surface area contributed by atoms with Crippen LogP contribution in [0.1, 0.15) is 11.1 Å². The predicted molar refractivity (Wildman–Crippen MR) is 110 cm³/mol. The molecule has 0 fully saturated rings. The van der Waals surface area contributed by atoms with E-state index in [2.05, 4.69) is 4.98 Å². The highest BCUT2D eigenvalue weighted by molar-refractivity contribution is 7.22. The second-order valence-corrected chi connectivity index (χ2v) is 8.08. The van der Waals surface area contributed by atoms with Crippen molar-refractivity contribution in [2.45, 2.75) is 13.3 Å². The Bertz CT molecular complexity index is 956. The van der Waals surface area contributed by atoms with Crippen molar-refractivity contribution in [2.75, 3.05) is 32.1 Å². The quantitative estimate of drug-likeness (QED) is 0.604. The molecule has 0 unspecified atom stereocenters. The van der Waals surface area contributed by atoms with Crippen LogP contribution in [0.5, 0.6) is 0 Å². The van der Waals surface area contributed by atoms with Gasteiger partial charge in [0.1, 0.15) is 5.82 Å². The first-order chi connectivity index (χ1) is 12.8. The van der Waals surface area contributed by atoms with Gasteiger partial charge in [-0.2, -0.15) is 0 Å². The molecule has 0 aliphatic carbocycles. The van der Waals surface area contributed by atoms with Gasteiger partial charge in [-0.25, -0.2) is 9.37 Å². The molecule has 1 amide bonds. The summed E-state index contributed by atoms with van der Waals surface area (Å²) in [5, 5.41) is 1.32. The SMILES string of the molecule is Cc1c(Cl)ccc2sc(N(CCN(C)C)C(=O)Cc3ccc(F)cc3)nc12. The van der Waals surface area contributed by atoms with E-state index in [-0.39, 0.29) is 18.1 Å². The summed E-state index contributed by atoms with van der Waals surface area (Å²) in [6.07, 6.45) is 0.198. The molecule has 3 rings (SSSR count). The predicted octanol–water partition coefficient (Wildman–Crippen LogP) is 4.53. The molecule has 0 saturated carbocycles. The lowest BCUT2D eigenvalue weighted by Gasteiger charge is -2.22. The number of halogens is 2. The Morgan fingerprint density at radius 2 is 1.85 bits per heavy atom. The van der Waals surface area contributed by atoms with Gasteiger partial charge in [0, 0.05) is 18.1 Å². The van der Waals surface area contributed by atoms with Crippen molar-refractivity contribution in [2.24, 2.45) is 0 Å². The van der Waals surface area contributed by atoms with E-state index in [1.54, 1.807) is 17.0 Å². The fourth-order valence-corrected chi connectivity index (χ4v) is 3.92. The number of hydrogen-bond acceptors (Lipinski definition) is 4. The highest BCUT2D eigenvalue weighted by Gasteiger charge is 2.21. The Morgan fingerprint density at radius 1 is 1.15 bits per heavy atom. The summed E-state index contributed by atoms with van der Waals surface area (Å²) in [5.74, 6) is -0.375. The molecule has 3 aromatic rings. The summed E-state index contributed by atoms with van der Waals surface area (Å²) in [6, 6.07) is 9.80. The van der Waals surface area contributed by atoms with Gasteiger partial charge in [0.05, 0.1) is 16.6 Å². The van der Waals surface area contributed by atoms with Crippen molar-refractivity contribution in [1.29, 1.82) is 0 Å². The summed E-state index contributed by atoms with van der Waals surface area (Å²) in [5.41, 5.74) is 2.51. The first kappa shape index (κ1) is 19.7. The summed E-state index contributed by atoms with van der Waals surface area (Å²) < 4.78 is 14.1. The fourth-order valence-electron chi connectivity index (χ4n) is 2.70. The first-order valence-electron chi connectivity index (χ1n) is 8.60. The number of amides is 1. The molecule has 0 bridgehead atoms. The third kappa shape index (κ3) is 4.64. The number of anilines is 1. The zero-order valence-electron chi connectivity index (χ0n) is 15.5. The highest BCUT2D eigenvalue weighted by atomic mass is 35.5. The van der Waals surface area contributed by atoms with Crippen LogP contribution < -0.4 is 4.90 Å². The van der Waals surface area contributed by atoms with Gasteiger partial charge < -0.3 is 4.90 Å². The van der Waals surface area contributed by atoms with E-state index in [0.717, 1.165) is 21.3 Å². The summed E-state index contributed by atoms with van der Waals surface area (Å²) >= 11 is 7.69. The fraction of sp³-hybridized carbons (Fsp3) is 0.300. The van der Waals surface area contributed by atoms with E-state index in [1.165, 1.54) is 23.5 Å². The number of aromatic nitrogens is 1. The van der Waals surface area contributed by atoms with Crippen LogP contribution in [0.2, 0.25) is 5.02 Å². The number of aryl methyl sites for hydroxylation is 1. The molecule has 27 heavy (non-hydrogen) atoms. The van der Waals surface area contributed by atoms with Gasteiger partial charge in [-0.1, -0.05) is 35.1 Å². The van der Waals surface area contributed by atoms with Crippen LogP contribution >= 0.6 is 22.9 Å². The maximum atomic E-state index is 13.1. The molecule has 1 aromatic heterocycles. The molecule has 4 nitrogen and oxygen atoms in total. The number of likely N-dealkylation sites (N-methyl/N-ethyl adjacent to an activating group) is 1. The maximum Gasteiger partial charge on any atom is 0.233 e. The lowest BCUT2D eigenvalue weighted by molar-refractivity contribution is -0.118. The van der Waals surface area contributed by atoms with E-state index >= 15 is 0 Å². The van der Waals surface area contributed by atoms with E-state index in [1.807, 2.05) is 38.1 Å². The zero-order chi connectivity index (χ0) is 19.6. The number of carbonyl (C=O) groups excluding carboxylic acids is 1. The number of carbonyl (C=O) groups is 1. The summed E-state index contributed by atoms with van der Waals surface area (Å²) in [6.45, 7) is 3.17. The average molecular weight is 406 g/mol. The van der Waals surface area contributed by atoms with E-state index in [9.17, 15) is 9.18 Å². The van der Waals surface area contributed by atoms with Gasteiger partial charge in [-0.3, -0.25) is 9.69 Å². The van der Waals surface area contributed by atoms with Crippen LogP contribution in [0, 0.1) is 12.7 Å². The van der Waals surface area contributed by atoms with Crippen molar-refractivity contribution < 1.29 is 9.18 Å². The number of hydrogen-bond donors (Lipinski definition) is 0. The van der Waals surface area contributed by atoms with Crippen LogP contribution in [0.15, 0.2) is 36.4 Å². The lowest BCUT2D eigenvalue weighted by Crippen LogP contribution is -2.37. The van der Waals surface area contributed by atoms with E-state index in [0.29, 0.717) is 23.2 Å². The van der Waals surface area contributed by atoms with Gasteiger partial charge >= 0.3 is 0 Å². The van der Waals surface area contributed by atoms with Crippen LogP contribution in [0.4, 0.5) is 9.52 Å². The number of nitrogens with zero attached hydrogens (tertiary/aromatic N) is 3. The van der Waals surface area contributed by atoms with Crippen LogP contribution in [-0.4, -0.2) is 43.0 Å². The normalized spacial score (nSPS) is 11.3. The molecule has 0 radical (unpaired) electrons. The Labute approximate surface area is 167 Å². The molecule has 0 spiro atoms. The number of benzene rings is 2. The number of rotatable bonds is 6. The van der Waals surface area contributed by atoms with Gasteiger partial charge in [-0.05, 0) is 56.4 Å². The molecule has 0 saturated heterocycles. The smallest absolute Gasteiger partial charge is 0.233 e. The minimum atomic E-state index is -0.311. The lowest BCUT2D eigenvalue weighted by atomic mass is 10.1. The Morgan fingerprint density at radius 3 is 2.52 bits per heavy atom. The molecule has 0 N–H and O–H groups in total. The van der Waals surface area contributed by atoms with Gasteiger partial charge in [0.25, 0.3) is 0 Å². The second-order valence-electron chi connectivity index (χ2n) is 6.67. The molecule has 0 atom stereocenters. The van der Waals surface area contributed by atoms with Gasteiger partial charge in [0.15, 0.2) is 5.13 Å². The average Bonchev–Trinajstić information content (AvgIpc) is 3.05. The third-order valence-corrected chi connectivity index (χ3v) is 5.76. The molecule has 0 aliphatic rings. The molecule has 7 heteroatoms. The first-order valence-corrected chi connectivity index (χ1v) is 9.80. The van der Waals surface area contributed by atoms with Crippen molar-refractivity contribution in [1.82, 2.24) is 9.88 Å². The molecular formula is C20H21ClFN3OS.